The van der Waals surface area contributed by atoms with Gasteiger partial charge in [-0.2, -0.15) is 0 Å². The van der Waals surface area contributed by atoms with Crippen LogP contribution in [0.1, 0.15) is 0 Å². The van der Waals surface area contributed by atoms with E-state index >= 15 is 0 Å². The Bertz CT molecular complexity index is 760. The van der Waals surface area contributed by atoms with Crippen molar-refractivity contribution in [1.82, 2.24) is 5.32 Å². The summed E-state index contributed by atoms with van der Waals surface area (Å²) >= 11 is 3.29. The Labute approximate surface area is 152 Å². The number of ether oxygens (including phenoxy) is 1. The summed E-state index contributed by atoms with van der Waals surface area (Å²) in [5.74, 6) is -1.57. The summed E-state index contributed by atoms with van der Waals surface area (Å²) in [5.41, 5.74) is 1.03. The molecule has 0 atom stereocenters. The molecule has 2 aromatic carbocycles. The smallest absolute Gasteiger partial charge is 0.313 e. The number of carbonyl (C=O) groups excluding carboxylic acids is 3. The summed E-state index contributed by atoms with van der Waals surface area (Å²) in [4.78, 5) is 35.3. The van der Waals surface area contributed by atoms with E-state index in [0.29, 0.717) is 17.1 Å². The van der Waals surface area contributed by atoms with Gasteiger partial charge >= 0.3 is 11.8 Å². The van der Waals surface area contributed by atoms with Gasteiger partial charge in [-0.05, 0) is 48.5 Å². The van der Waals surface area contributed by atoms with Crippen LogP contribution in [-0.4, -0.2) is 31.4 Å². The monoisotopic (exact) mass is 405 g/mol. The highest BCUT2D eigenvalue weighted by Crippen LogP contribution is 2.15. The molecule has 0 fully saturated rings. The van der Waals surface area contributed by atoms with Gasteiger partial charge in [0.2, 0.25) is 5.91 Å². The number of amides is 3. The number of anilines is 2. The Morgan fingerprint density at radius 2 is 1.44 bits per heavy atom. The normalized spacial score (nSPS) is 9.84. The average Bonchev–Trinajstić information content (AvgIpc) is 2.62. The second-order valence-corrected chi connectivity index (χ2v) is 5.84. The van der Waals surface area contributed by atoms with Crippen molar-refractivity contribution in [2.75, 3.05) is 24.3 Å². The first-order valence-electron chi connectivity index (χ1n) is 7.26. The molecule has 8 heteroatoms. The number of carbonyl (C=O) groups is 3. The molecular weight excluding hydrogens is 390 g/mol. The van der Waals surface area contributed by atoms with Gasteiger partial charge in [0.25, 0.3) is 0 Å². The fourth-order valence-corrected chi connectivity index (χ4v) is 2.11. The lowest BCUT2D eigenvalue weighted by atomic mass is 10.3. The number of methoxy groups -OCH3 is 1. The molecule has 2 aromatic rings. The van der Waals surface area contributed by atoms with Crippen LogP contribution in [0.2, 0.25) is 0 Å². The predicted molar refractivity (Wildman–Crippen MR) is 97.4 cm³/mol. The molecule has 0 bridgehead atoms. The number of hydrogen-bond acceptors (Lipinski definition) is 4. The second-order valence-electron chi connectivity index (χ2n) is 4.92. The van der Waals surface area contributed by atoms with Crippen LogP contribution in [0.4, 0.5) is 11.4 Å². The Hall–Kier alpha value is -2.87. The molecule has 130 valence electrons. The molecular formula is C17H16BrN3O4. The second kappa shape index (κ2) is 8.84. The molecule has 0 aliphatic carbocycles. The van der Waals surface area contributed by atoms with Gasteiger partial charge in [-0.3, -0.25) is 14.4 Å². The van der Waals surface area contributed by atoms with Crippen LogP contribution in [0.15, 0.2) is 53.0 Å². The zero-order valence-electron chi connectivity index (χ0n) is 13.3. The van der Waals surface area contributed by atoms with E-state index in [0.717, 1.165) is 4.47 Å². The highest BCUT2D eigenvalue weighted by atomic mass is 79.9. The maximum Gasteiger partial charge on any atom is 0.313 e. The van der Waals surface area contributed by atoms with Gasteiger partial charge in [-0.1, -0.05) is 15.9 Å². The van der Waals surface area contributed by atoms with Crippen molar-refractivity contribution in [3.8, 4) is 5.75 Å². The molecule has 0 aliphatic heterocycles. The molecule has 0 unspecified atom stereocenters. The summed E-state index contributed by atoms with van der Waals surface area (Å²) in [6.07, 6.45) is 0. The Morgan fingerprint density at radius 1 is 0.880 bits per heavy atom. The minimum Gasteiger partial charge on any atom is -0.497 e. The quantitative estimate of drug-likeness (QED) is 0.663. The fraction of sp³-hybridized carbons (Fsp3) is 0.118. The van der Waals surface area contributed by atoms with Crippen molar-refractivity contribution in [2.45, 2.75) is 0 Å². The molecule has 0 saturated heterocycles. The highest BCUT2D eigenvalue weighted by molar-refractivity contribution is 9.10. The van der Waals surface area contributed by atoms with Gasteiger partial charge in [-0.25, -0.2) is 0 Å². The number of benzene rings is 2. The number of halogens is 1. The van der Waals surface area contributed by atoms with Crippen LogP contribution in [0.25, 0.3) is 0 Å². The van der Waals surface area contributed by atoms with Gasteiger partial charge < -0.3 is 20.7 Å². The molecule has 3 amide bonds. The summed E-state index contributed by atoms with van der Waals surface area (Å²) < 4.78 is 5.89. The third kappa shape index (κ3) is 5.92. The largest absolute Gasteiger partial charge is 0.497 e. The standard InChI is InChI=1S/C17H16BrN3O4/c1-25-14-8-6-13(7-9-14)21-17(24)16(23)19-10-15(22)20-12-4-2-11(18)3-5-12/h2-9H,10H2,1H3,(H,19,23)(H,20,22)(H,21,24). The third-order valence-electron chi connectivity index (χ3n) is 3.09. The van der Waals surface area contributed by atoms with E-state index < -0.39 is 17.7 Å². The first-order valence-corrected chi connectivity index (χ1v) is 8.06. The molecule has 0 heterocycles. The van der Waals surface area contributed by atoms with Gasteiger partial charge in [0.15, 0.2) is 0 Å². The molecule has 7 nitrogen and oxygen atoms in total. The van der Waals surface area contributed by atoms with E-state index in [4.69, 9.17) is 4.74 Å². The zero-order valence-corrected chi connectivity index (χ0v) is 14.9. The molecule has 0 radical (unpaired) electrons. The predicted octanol–water partition coefficient (Wildman–Crippen LogP) is 2.15. The molecule has 25 heavy (non-hydrogen) atoms. The Kier molecular flexibility index (Phi) is 6.53. The number of nitrogens with one attached hydrogen (secondary N) is 3. The highest BCUT2D eigenvalue weighted by Gasteiger charge is 2.15. The topological polar surface area (TPSA) is 96.5 Å². The lowest BCUT2D eigenvalue weighted by molar-refractivity contribution is -0.136. The zero-order chi connectivity index (χ0) is 18.2. The van der Waals surface area contributed by atoms with Crippen LogP contribution < -0.4 is 20.7 Å². The Balaban J connectivity index is 1.79. The molecule has 0 saturated carbocycles. The van der Waals surface area contributed by atoms with Crippen LogP contribution in [0, 0.1) is 0 Å². The summed E-state index contributed by atoms with van der Waals surface area (Å²) in [7, 11) is 1.53. The maximum atomic E-state index is 11.8. The van der Waals surface area contributed by atoms with Gasteiger partial charge in [-0.15, -0.1) is 0 Å². The van der Waals surface area contributed by atoms with E-state index in [-0.39, 0.29) is 6.54 Å². The first-order chi connectivity index (χ1) is 12.0. The first kappa shape index (κ1) is 18.5. The van der Waals surface area contributed by atoms with Crippen LogP contribution in [-0.2, 0) is 14.4 Å². The van der Waals surface area contributed by atoms with Gasteiger partial charge in [0.05, 0.1) is 13.7 Å². The SMILES string of the molecule is COc1ccc(NC(=O)C(=O)NCC(=O)Nc2ccc(Br)cc2)cc1. The molecule has 2 rings (SSSR count). The van der Waals surface area contributed by atoms with Gasteiger partial charge in [0, 0.05) is 15.8 Å². The molecule has 0 aliphatic rings. The summed E-state index contributed by atoms with van der Waals surface area (Å²) in [5, 5.41) is 7.29. The van der Waals surface area contributed by atoms with Gasteiger partial charge in [0.1, 0.15) is 5.75 Å². The van der Waals surface area contributed by atoms with E-state index in [1.165, 1.54) is 7.11 Å². The Morgan fingerprint density at radius 3 is 2.04 bits per heavy atom. The minimum absolute atomic E-state index is 0.315. The lowest BCUT2D eigenvalue weighted by Gasteiger charge is -2.08. The number of hydrogen-bond donors (Lipinski definition) is 3. The van der Waals surface area contributed by atoms with E-state index in [1.54, 1.807) is 48.5 Å². The van der Waals surface area contributed by atoms with Crippen LogP contribution >= 0.6 is 15.9 Å². The maximum absolute atomic E-state index is 11.8. The van der Waals surface area contributed by atoms with Crippen molar-refractivity contribution in [1.29, 1.82) is 0 Å². The molecule has 0 spiro atoms. The van der Waals surface area contributed by atoms with Crippen molar-refractivity contribution in [2.24, 2.45) is 0 Å². The van der Waals surface area contributed by atoms with E-state index in [2.05, 4.69) is 31.9 Å². The lowest BCUT2D eigenvalue weighted by Crippen LogP contribution is -2.39. The molecule has 0 aromatic heterocycles. The van der Waals surface area contributed by atoms with Crippen molar-refractivity contribution >= 4 is 45.0 Å². The molecule has 3 N–H and O–H groups in total. The van der Waals surface area contributed by atoms with E-state index in [1.807, 2.05) is 0 Å². The fourth-order valence-electron chi connectivity index (χ4n) is 1.84. The minimum atomic E-state index is -0.901. The summed E-state index contributed by atoms with van der Waals surface area (Å²) in [6.45, 7) is -0.315. The van der Waals surface area contributed by atoms with Crippen LogP contribution in [0.3, 0.4) is 0 Å². The number of rotatable bonds is 5. The van der Waals surface area contributed by atoms with Crippen molar-refractivity contribution in [3.63, 3.8) is 0 Å². The van der Waals surface area contributed by atoms with E-state index in [9.17, 15) is 14.4 Å². The summed E-state index contributed by atoms with van der Waals surface area (Å²) in [6, 6.07) is 13.5. The van der Waals surface area contributed by atoms with Crippen molar-refractivity contribution < 1.29 is 19.1 Å². The van der Waals surface area contributed by atoms with Crippen LogP contribution in [0.5, 0.6) is 5.75 Å². The average molecular weight is 406 g/mol. The van der Waals surface area contributed by atoms with Crippen molar-refractivity contribution in [3.05, 3.63) is 53.0 Å². The third-order valence-corrected chi connectivity index (χ3v) is 3.62.